The first-order chi connectivity index (χ1) is 9.35. The molecule has 0 bridgehead atoms. The quantitative estimate of drug-likeness (QED) is 0.678. The maximum atomic E-state index is 14.4. The lowest BCUT2D eigenvalue weighted by molar-refractivity contribution is 0.163. The van der Waals surface area contributed by atoms with Gasteiger partial charge in [-0.25, -0.2) is 4.39 Å². The summed E-state index contributed by atoms with van der Waals surface area (Å²) in [6.45, 7) is 4.63. The predicted octanol–water partition coefficient (Wildman–Crippen LogP) is 5.72. The molecule has 0 spiro atoms. The lowest BCUT2D eigenvalue weighted by atomic mass is 9.70. The number of benzene rings is 1. The zero-order valence-corrected chi connectivity index (χ0v) is 14.6. The van der Waals surface area contributed by atoms with Crippen LogP contribution in [0.15, 0.2) is 16.6 Å². The molecule has 20 heavy (non-hydrogen) atoms. The van der Waals surface area contributed by atoms with E-state index in [-0.39, 0.29) is 16.9 Å². The summed E-state index contributed by atoms with van der Waals surface area (Å²) in [5, 5.41) is 3.47. The minimum Gasteiger partial charge on any atom is -0.313 e. The molecule has 4 heteroatoms. The molecule has 1 aromatic carbocycles. The highest BCUT2D eigenvalue weighted by Gasteiger charge is 2.32. The van der Waals surface area contributed by atoms with Crippen LogP contribution in [-0.4, -0.2) is 7.05 Å². The number of hydrogen-bond donors (Lipinski definition) is 1. The molecular weight excluding hydrogens is 341 g/mol. The maximum Gasteiger partial charge on any atom is 0.147 e. The van der Waals surface area contributed by atoms with Gasteiger partial charge < -0.3 is 5.32 Å². The van der Waals surface area contributed by atoms with Crippen molar-refractivity contribution in [3.8, 4) is 0 Å². The van der Waals surface area contributed by atoms with Crippen LogP contribution < -0.4 is 5.32 Å². The Morgan fingerprint density at radius 3 is 2.50 bits per heavy atom. The Morgan fingerprint density at radius 2 is 1.95 bits per heavy atom. The van der Waals surface area contributed by atoms with E-state index in [4.69, 9.17) is 11.6 Å². The SMILES string of the molecule is CNC(c1ccc(Br)c(Cl)c1F)C1CCC(C)(C)CC1. The van der Waals surface area contributed by atoms with Gasteiger partial charge in [0.1, 0.15) is 5.82 Å². The van der Waals surface area contributed by atoms with Gasteiger partial charge >= 0.3 is 0 Å². The lowest BCUT2D eigenvalue weighted by Gasteiger charge is -2.38. The summed E-state index contributed by atoms with van der Waals surface area (Å²) < 4.78 is 15.0. The van der Waals surface area contributed by atoms with E-state index in [1.54, 1.807) is 0 Å². The molecule has 0 aromatic heterocycles. The van der Waals surface area contributed by atoms with Crippen LogP contribution in [0.1, 0.15) is 51.1 Å². The van der Waals surface area contributed by atoms with Crippen LogP contribution in [-0.2, 0) is 0 Å². The smallest absolute Gasteiger partial charge is 0.147 e. The van der Waals surface area contributed by atoms with E-state index in [9.17, 15) is 4.39 Å². The van der Waals surface area contributed by atoms with E-state index in [1.165, 1.54) is 12.8 Å². The van der Waals surface area contributed by atoms with Crippen molar-refractivity contribution < 1.29 is 4.39 Å². The molecule has 112 valence electrons. The summed E-state index contributed by atoms with van der Waals surface area (Å²) in [5.41, 5.74) is 1.11. The lowest BCUT2D eigenvalue weighted by Crippen LogP contribution is -2.31. The first kappa shape index (κ1) is 16.3. The Kier molecular flexibility index (Phi) is 5.14. The second-order valence-corrected chi connectivity index (χ2v) is 7.76. The zero-order valence-electron chi connectivity index (χ0n) is 12.3. The van der Waals surface area contributed by atoms with Crippen LogP contribution in [0.4, 0.5) is 4.39 Å². The van der Waals surface area contributed by atoms with Crippen LogP contribution in [0.2, 0.25) is 5.02 Å². The molecular formula is C16H22BrClFN. The van der Waals surface area contributed by atoms with E-state index in [1.807, 2.05) is 19.2 Å². The van der Waals surface area contributed by atoms with Gasteiger partial charge in [-0.3, -0.25) is 0 Å². The van der Waals surface area contributed by atoms with Gasteiger partial charge in [-0.1, -0.05) is 31.5 Å². The molecule has 0 aliphatic heterocycles. The van der Waals surface area contributed by atoms with E-state index in [2.05, 4.69) is 35.1 Å². The molecule has 1 unspecified atom stereocenters. The Bertz CT molecular complexity index is 480. The van der Waals surface area contributed by atoms with Crippen LogP contribution >= 0.6 is 27.5 Å². The fourth-order valence-electron chi connectivity index (χ4n) is 3.18. The molecule has 1 aromatic rings. The van der Waals surface area contributed by atoms with Crippen molar-refractivity contribution >= 4 is 27.5 Å². The molecule has 0 amide bonds. The highest BCUT2D eigenvalue weighted by atomic mass is 79.9. The van der Waals surface area contributed by atoms with Crippen LogP contribution in [0.25, 0.3) is 0 Å². The summed E-state index contributed by atoms with van der Waals surface area (Å²) in [6, 6.07) is 3.71. The monoisotopic (exact) mass is 361 g/mol. The van der Waals surface area contributed by atoms with Crippen LogP contribution in [0.5, 0.6) is 0 Å². The van der Waals surface area contributed by atoms with Crippen LogP contribution in [0, 0.1) is 17.2 Å². The van der Waals surface area contributed by atoms with Gasteiger partial charge in [-0.2, -0.15) is 0 Å². The minimum absolute atomic E-state index is 0.0386. The molecule has 1 atom stereocenters. The van der Waals surface area contributed by atoms with Crippen molar-refractivity contribution in [2.45, 2.75) is 45.6 Å². The second kappa shape index (κ2) is 6.33. The molecule has 1 nitrogen and oxygen atoms in total. The first-order valence-electron chi connectivity index (χ1n) is 7.16. The van der Waals surface area contributed by atoms with Gasteiger partial charge in [0.15, 0.2) is 0 Å². The summed E-state index contributed by atoms with van der Waals surface area (Å²) >= 11 is 9.29. The molecule has 1 aliphatic rings. The molecule has 0 radical (unpaired) electrons. The molecule has 0 saturated heterocycles. The molecule has 0 heterocycles. The van der Waals surface area contributed by atoms with Crippen molar-refractivity contribution in [2.75, 3.05) is 7.05 Å². The average Bonchev–Trinajstić information content (AvgIpc) is 2.41. The van der Waals surface area contributed by atoms with Gasteiger partial charge in [-0.15, -0.1) is 0 Å². The molecule has 1 saturated carbocycles. The van der Waals surface area contributed by atoms with Crippen molar-refractivity contribution in [3.05, 3.63) is 33.0 Å². The largest absolute Gasteiger partial charge is 0.313 e. The topological polar surface area (TPSA) is 12.0 Å². The number of halogens is 3. The fourth-order valence-corrected chi connectivity index (χ4v) is 3.66. The van der Waals surface area contributed by atoms with E-state index in [0.717, 1.165) is 12.8 Å². The third-order valence-electron chi connectivity index (χ3n) is 4.57. The van der Waals surface area contributed by atoms with Gasteiger partial charge in [0.05, 0.1) is 5.02 Å². The standard InChI is InChI=1S/C16H22BrClFN/c1-16(2)8-6-10(7-9-16)15(20-3)11-4-5-12(17)13(18)14(11)19/h4-5,10,15,20H,6-9H2,1-3H3. The van der Waals surface area contributed by atoms with Crippen molar-refractivity contribution in [2.24, 2.45) is 11.3 Å². The van der Waals surface area contributed by atoms with Gasteiger partial charge in [0.2, 0.25) is 0 Å². The summed E-state index contributed by atoms with van der Waals surface area (Å²) in [7, 11) is 1.90. The summed E-state index contributed by atoms with van der Waals surface area (Å²) in [4.78, 5) is 0. The highest BCUT2D eigenvalue weighted by molar-refractivity contribution is 9.10. The Morgan fingerprint density at radius 1 is 1.35 bits per heavy atom. The third-order valence-corrected chi connectivity index (χ3v) is 5.82. The number of rotatable bonds is 3. The Balaban J connectivity index is 2.23. The Labute approximate surface area is 134 Å². The molecule has 1 fully saturated rings. The molecule has 1 aliphatic carbocycles. The average molecular weight is 363 g/mol. The zero-order chi connectivity index (χ0) is 14.9. The van der Waals surface area contributed by atoms with Gasteiger partial charge in [-0.05, 0) is 66.1 Å². The predicted molar refractivity (Wildman–Crippen MR) is 86.6 cm³/mol. The second-order valence-electron chi connectivity index (χ2n) is 6.53. The Hall–Kier alpha value is -0.120. The van der Waals surface area contributed by atoms with Crippen molar-refractivity contribution in [1.82, 2.24) is 5.32 Å². The number of hydrogen-bond acceptors (Lipinski definition) is 1. The van der Waals surface area contributed by atoms with E-state index in [0.29, 0.717) is 21.4 Å². The van der Waals surface area contributed by atoms with Gasteiger partial charge in [0, 0.05) is 16.1 Å². The third kappa shape index (κ3) is 3.37. The summed E-state index contributed by atoms with van der Waals surface area (Å²) in [6.07, 6.45) is 4.65. The summed E-state index contributed by atoms with van der Waals surface area (Å²) in [5.74, 6) is 0.171. The molecule has 2 rings (SSSR count). The maximum absolute atomic E-state index is 14.4. The van der Waals surface area contributed by atoms with Crippen molar-refractivity contribution in [1.29, 1.82) is 0 Å². The fraction of sp³-hybridized carbons (Fsp3) is 0.625. The minimum atomic E-state index is -0.301. The van der Waals surface area contributed by atoms with E-state index >= 15 is 0 Å². The van der Waals surface area contributed by atoms with Crippen LogP contribution in [0.3, 0.4) is 0 Å². The molecule has 1 N–H and O–H groups in total. The first-order valence-corrected chi connectivity index (χ1v) is 8.33. The van der Waals surface area contributed by atoms with E-state index < -0.39 is 0 Å². The van der Waals surface area contributed by atoms with Crippen molar-refractivity contribution in [3.63, 3.8) is 0 Å². The normalized spacial score (nSPS) is 20.9. The van der Waals surface area contributed by atoms with Gasteiger partial charge in [0.25, 0.3) is 0 Å². The highest BCUT2D eigenvalue weighted by Crippen LogP contribution is 2.43. The number of nitrogens with one attached hydrogen (secondary N) is 1.